The number of carbonyl (C=O) groups is 1. The van der Waals surface area contributed by atoms with E-state index in [1.54, 1.807) is 0 Å². The molecule has 4 heteroatoms. The maximum absolute atomic E-state index is 10.4. The second kappa shape index (κ2) is 5.14. The summed E-state index contributed by atoms with van der Waals surface area (Å²) in [5, 5.41) is 8.61. The van der Waals surface area contributed by atoms with Gasteiger partial charge in [-0.05, 0) is 33.0 Å². The first kappa shape index (κ1) is 11.4. The van der Waals surface area contributed by atoms with Crippen LogP contribution in [-0.4, -0.2) is 65.7 Å². The van der Waals surface area contributed by atoms with Crippen LogP contribution in [0.2, 0.25) is 0 Å². The normalized spacial score (nSPS) is 20.8. The van der Waals surface area contributed by atoms with E-state index in [0.29, 0.717) is 0 Å². The van der Waals surface area contributed by atoms with Crippen molar-refractivity contribution < 1.29 is 9.90 Å². The predicted octanol–water partition coefficient (Wildman–Crippen LogP) is 0.0320. The Morgan fingerprint density at radius 2 is 1.91 bits per heavy atom. The zero-order chi connectivity index (χ0) is 7.56. The molecule has 0 unspecified atom stereocenters. The van der Waals surface area contributed by atoms with Crippen molar-refractivity contribution in [3.05, 3.63) is 0 Å². The van der Waals surface area contributed by atoms with E-state index in [2.05, 4.69) is 4.90 Å². The Morgan fingerprint density at radius 3 is 2.27 bits per heavy atom. The van der Waals surface area contributed by atoms with Crippen molar-refractivity contribution >= 4 is 35.5 Å². The maximum Gasteiger partial charge on any atom is 0.306 e. The minimum Gasteiger partial charge on any atom is -0.481 e. The fourth-order valence-electron chi connectivity index (χ4n) is 1.26. The molecule has 0 atom stereocenters. The fraction of sp³-hybridized carbons (Fsp3) is 0.857. The molecule has 1 rings (SSSR count). The van der Waals surface area contributed by atoms with Gasteiger partial charge >= 0.3 is 5.97 Å². The van der Waals surface area contributed by atoms with Gasteiger partial charge in [0.15, 0.2) is 0 Å². The smallest absolute Gasteiger partial charge is 0.306 e. The van der Waals surface area contributed by atoms with E-state index in [4.69, 9.17) is 5.11 Å². The zero-order valence-electron chi connectivity index (χ0n) is 7.21. The first-order chi connectivity index (χ1) is 4.70. The predicted molar refractivity (Wildman–Crippen MR) is 43.6 cm³/mol. The van der Waals surface area contributed by atoms with E-state index in [0.717, 1.165) is 25.9 Å². The molecule has 0 aliphatic carbocycles. The number of hydrogen-bond donors (Lipinski definition) is 1. The average molecular weight is 166 g/mol. The molecule has 0 amide bonds. The summed E-state index contributed by atoms with van der Waals surface area (Å²) in [5.41, 5.74) is 0. The minimum absolute atomic E-state index is 0. The third kappa shape index (κ3) is 3.56. The van der Waals surface area contributed by atoms with Crippen LogP contribution in [0.4, 0.5) is 0 Å². The molecule has 3 nitrogen and oxygen atoms in total. The maximum atomic E-state index is 10.4. The van der Waals surface area contributed by atoms with Crippen molar-refractivity contribution in [1.29, 1.82) is 0 Å². The van der Waals surface area contributed by atoms with Gasteiger partial charge in [-0.1, -0.05) is 0 Å². The van der Waals surface area contributed by atoms with Crippen LogP contribution in [0.1, 0.15) is 12.8 Å². The minimum atomic E-state index is -0.631. The Bertz CT molecular complexity index is 132. The second-order valence-electron chi connectivity index (χ2n) is 2.92. The van der Waals surface area contributed by atoms with E-state index in [9.17, 15) is 4.79 Å². The Morgan fingerprint density at radius 1 is 1.45 bits per heavy atom. The molecule has 0 saturated carbocycles. The van der Waals surface area contributed by atoms with Gasteiger partial charge in [-0.2, -0.15) is 0 Å². The molecule has 11 heavy (non-hydrogen) atoms. The molecule has 1 saturated heterocycles. The molecule has 0 aromatic heterocycles. The number of carboxylic acid groups (broad SMARTS) is 1. The van der Waals surface area contributed by atoms with Crippen LogP contribution in [0, 0.1) is 5.92 Å². The quantitative estimate of drug-likeness (QED) is 0.559. The van der Waals surface area contributed by atoms with Crippen molar-refractivity contribution in [1.82, 2.24) is 4.90 Å². The molecule has 0 spiro atoms. The van der Waals surface area contributed by atoms with Crippen LogP contribution in [0.25, 0.3) is 0 Å². The standard InChI is InChI=1S/C7H13NO2.Na/c1-8-4-2-6(3-5-8)7(9)10;/h6H,2-5H2,1H3,(H,9,10);. The second-order valence-corrected chi connectivity index (χ2v) is 2.92. The van der Waals surface area contributed by atoms with Crippen molar-refractivity contribution in [2.24, 2.45) is 5.92 Å². The Balaban J connectivity index is 0.000001000. The molecule has 59 valence electrons. The molecule has 1 aliphatic heterocycles. The summed E-state index contributed by atoms with van der Waals surface area (Å²) in [4.78, 5) is 12.6. The largest absolute Gasteiger partial charge is 0.481 e. The van der Waals surface area contributed by atoms with Crippen LogP contribution in [0.5, 0.6) is 0 Å². The van der Waals surface area contributed by atoms with Crippen molar-refractivity contribution in [3.63, 3.8) is 0 Å². The first-order valence-electron chi connectivity index (χ1n) is 3.61. The molecule has 0 aromatic carbocycles. The van der Waals surface area contributed by atoms with Gasteiger partial charge in [-0.25, -0.2) is 0 Å². The van der Waals surface area contributed by atoms with Crippen molar-refractivity contribution in [2.45, 2.75) is 12.8 Å². The summed E-state index contributed by atoms with van der Waals surface area (Å²) >= 11 is 0. The van der Waals surface area contributed by atoms with Gasteiger partial charge in [0, 0.05) is 29.6 Å². The fourth-order valence-corrected chi connectivity index (χ4v) is 1.26. The van der Waals surface area contributed by atoms with Crippen molar-refractivity contribution in [2.75, 3.05) is 20.1 Å². The third-order valence-corrected chi connectivity index (χ3v) is 2.07. The molecule has 0 aromatic rings. The number of rotatable bonds is 1. The summed E-state index contributed by atoms with van der Waals surface area (Å²) in [6.45, 7) is 1.86. The summed E-state index contributed by atoms with van der Waals surface area (Å²) in [7, 11) is 2.03. The molecule has 1 radical (unpaired) electrons. The Labute approximate surface area is 89.1 Å². The number of piperidine rings is 1. The number of carboxylic acids is 1. The SMILES string of the molecule is CN1CCC(C(=O)O)CC1.[Na]. The topological polar surface area (TPSA) is 40.5 Å². The molecule has 1 aliphatic rings. The average Bonchev–Trinajstić information content (AvgIpc) is 1.88. The van der Waals surface area contributed by atoms with Gasteiger partial charge in [-0.3, -0.25) is 4.79 Å². The zero-order valence-corrected chi connectivity index (χ0v) is 9.21. The van der Waals surface area contributed by atoms with E-state index in [1.165, 1.54) is 0 Å². The summed E-state index contributed by atoms with van der Waals surface area (Å²) in [6.07, 6.45) is 1.62. The van der Waals surface area contributed by atoms with Gasteiger partial charge in [-0.15, -0.1) is 0 Å². The van der Waals surface area contributed by atoms with Gasteiger partial charge in [0.05, 0.1) is 5.92 Å². The number of nitrogens with zero attached hydrogens (tertiary/aromatic N) is 1. The van der Waals surface area contributed by atoms with E-state index >= 15 is 0 Å². The van der Waals surface area contributed by atoms with E-state index < -0.39 is 5.97 Å². The number of aliphatic carboxylic acids is 1. The number of hydrogen-bond acceptors (Lipinski definition) is 2. The van der Waals surface area contributed by atoms with Crippen LogP contribution < -0.4 is 0 Å². The Kier molecular flexibility index (Phi) is 5.34. The van der Waals surface area contributed by atoms with Gasteiger partial charge in [0.2, 0.25) is 0 Å². The monoisotopic (exact) mass is 166 g/mol. The van der Waals surface area contributed by atoms with Gasteiger partial charge in [0.1, 0.15) is 0 Å². The molecule has 1 fully saturated rings. The van der Waals surface area contributed by atoms with Crippen LogP contribution in [0.15, 0.2) is 0 Å². The molecule has 1 heterocycles. The van der Waals surface area contributed by atoms with Crippen molar-refractivity contribution in [3.8, 4) is 0 Å². The summed E-state index contributed by atoms with van der Waals surface area (Å²) in [5.74, 6) is -0.718. The van der Waals surface area contributed by atoms with Crippen LogP contribution >= 0.6 is 0 Å². The molecule has 1 N–H and O–H groups in total. The van der Waals surface area contributed by atoms with Crippen LogP contribution in [-0.2, 0) is 4.79 Å². The van der Waals surface area contributed by atoms with E-state index in [-0.39, 0.29) is 35.5 Å². The summed E-state index contributed by atoms with van der Waals surface area (Å²) in [6, 6.07) is 0. The molecular formula is C7H13NNaO2. The molecule has 0 bridgehead atoms. The van der Waals surface area contributed by atoms with Crippen LogP contribution in [0.3, 0.4) is 0 Å². The summed E-state index contributed by atoms with van der Waals surface area (Å²) < 4.78 is 0. The number of likely N-dealkylation sites (tertiary alicyclic amines) is 1. The van der Waals surface area contributed by atoms with E-state index in [1.807, 2.05) is 7.05 Å². The Hall–Kier alpha value is 0.430. The van der Waals surface area contributed by atoms with Gasteiger partial charge < -0.3 is 10.0 Å². The first-order valence-corrected chi connectivity index (χ1v) is 3.61. The van der Waals surface area contributed by atoms with Gasteiger partial charge in [0.25, 0.3) is 0 Å². The third-order valence-electron chi connectivity index (χ3n) is 2.07. The molecular weight excluding hydrogens is 153 g/mol.